The molecule has 3 aromatic rings. The van der Waals surface area contributed by atoms with Gasteiger partial charge in [0.1, 0.15) is 0 Å². The zero-order chi connectivity index (χ0) is 14.7. The Balaban J connectivity index is 1.80. The van der Waals surface area contributed by atoms with Gasteiger partial charge in [-0.25, -0.2) is 0 Å². The normalized spacial score (nSPS) is 10.8. The van der Waals surface area contributed by atoms with Crippen LogP contribution in [0.3, 0.4) is 0 Å². The number of hydrogen-bond acceptors (Lipinski definition) is 1. The van der Waals surface area contributed by atoms with Gasteiger partial charge in [0.05, 0.1) is 12.7 Å². The minimum absolute atomic E-state index is 0.813. The molecule has 2 nitrogen and oxygen atoms in total. The van der Waals surface area contributed by atoms with E-state index in [1.54, 1.807) is 0 Å². The van der Waals surface area contributed by atoms with E-state index in [1.807, 2.05) is 10.9 Å². The van der Waals surface area contributed by atoms with Crippen LogP contribution >= 0.6 is 22.6 Å². The second kappa shape index (κ2) is 6.43. The first-order valence-corrected chi connectivity index (χ1v) is 8.19. The highest BCUT2D eigenvalue weighted by Crippen LogP contribution is 2.24. The van der Waals surface area contributed by atoms with Gasteiger partial charge in [-0.05, 0) is 51.8 Å². The molecule has 0 aliphatic carbocycles. The molecule has 21 heavy (non-hydrogen) atoms. The molecular weight excluding hydrogens is 371 g/mol. The first kappa shape index (κ1) is 14.3. The number of aromatic nitrogens is 2. The van der Waals surface area contributed by atoms with Crippen LogP contribution in [0, 0.1) is 3.57 Å². The topological polar surface area (TPSA) is 17.8 Å². The van der Waals surface area contributed by atoms with Crippen molar-refractivity contribution >= 4 is 22.6 Å². The monoisotopic (exact) mass is 388 g/mol. The Morgan fingerprint density at radius 1 is 1.00 bits per heavy atom. The van der Waals surface area contributed by atoms with E-state index >= 15 is 0 Å². The van der Waals surface area contributed by atoms with E-state index < -0.39 is 0 Å². The Morgan fingerprint density at radius 2 is 1.71 bits per heavy atom. The van der Waals surface area contributed by atoms with Crippen LogP contribution in [0.25, 0.3) is 11.1 Å². The third-order valence-electron chi connectivity index (χ3n) is 3.59. The number of aryl methyl sites for hydroxylation is 1. The van der Waals surface area contributed by atoms with Crippen molar-refractivity contribution < 1.29 is 0 Å². The number of nitrogens with zero attached hydrogens (tertiary/aromatic N) is 2. The van der Waals surface area contributed by atoms with Crippen molar-refractivity contribution in [2.75, 3.05) is 0 Å². The zero-order valence-corrected chi connectivity index (χ0v) is 14.1. The largest absolute Gasteiger partial charge is 0.268 e. The lowest BCUT2D eigenvalue weighted by molar-refractivity contribution is 0.687. The molecule has 0 radical (unpaired) electrons. The van der Waals surface area contributed by atoms with Crippen molar-refractivity contribution in [3.63, 3.8) is 0 Å². The predicted molar refractivity (Wildman–Crippen MR) is 95.3 cm³/mol. The lowest BCUT2D eigenvalue weighted by Gasteiger charge is -2.03. The van der Waals surface area contributed by atoms with Gasteiger partial charge >= 0.3 is 0 Å². The van der Waals surface area contributed by atoms with Gasteiger partial charge in [-0.3, -0.25) is 4.68 Å². The smallest absolute Gasteiger partial charge is 0.0659 e. The summed E-state index contributed by atoms with van der Waals surface area (Å²) in [5.41, 5.74) is 5.07. The SMILES string of the molecule is CCc1ccc(Cn2cc(-c3ccccc3I)cn2)cc1. The fourth-order valence-corrected chi connectivity index (χ4v) is 3.05. The molecule has 0 N–H and O–H groups in total. The van der Waals surface area contributed by atoms with Crippen LogP contribution in [0.4, 0.5) is 0 Å². The van der Waals surface area contributed by atoms with Gasteiger partial charge in [-0.15, -0.1) is 0 Å². The van der Waals surface area contributed by atoms with Crippen LogP contribution in [0.2, 0.25) is 0 Å². The maximum absolute atomic E-state index is 4.48. The third kappa shape index (κ3) is 3.35. The molecule has 106 valence electrons. The Kier molecular flexibility index (Phi) is 4.39. The van der Waals surface area contributed by atoms with E-state index in [4.69, 9.17) is 0 Å². The molecule has 1 heterocycles. The summed E-state index contributed by atoms with van der Waals surface area (Å²) < 4.78 is 3.25. The third-order valence-corrected chi connectivity index (χ3v) is 4.53. The summed E-state index contributed by atoms with van der Waals surface area (Å²) in [4.78, 5) is 0. The molecule has 0 aliphatic rings. The fourth-order valence-electron chi connectivity index (χ4n) is 2.35. The van der Waals surface area contributed by atoms with E-state index in [9.17, 15) is 0 Å². The Hall–Kier alpha value is -1.62. The highest BCUT2D eigenvalue weighted by Gasteiger charge is 2.05. The number of hydrogen-bond donors (Lipinski definition) is 0. The standard InChI is InChI=1S/C18H17IN2/c1-2-14-7-9-15(10-8-14)12-21-13-16(11-20-21)17-5-3-4-6-18(17)19/h3-11,13H,2,12H2,1H3. The lowest BCUT2D eigenvalue weighted by atomic mass is 10.1. The van der Waals surface area contributed by atoms with Gasteiger partial charge in [0, 0.05) is 15.3 Å². The molecule has 1 aromatic heterocycles. The van der Waals surface area contributed by atoms with Crippen molar-refractivity contribution in [3.05, 3.63) is 75.6 Å². The van der Waals surface area contributed by atoms with Crippen LogP contribution in [0.15, 0.2) is 60.9 Å². The molecule has 0 bridgehead atoms. The van der Waals surface area contributed by atoms with Gasteiger partial charge in [0.15, 0.2) is 0 Å². The minimum atomic E-state index is 0.813. The summed E-state index contributed by atoms with van der Waals surface area (Å²) in [5, 5.41) is 4.48. The van der Waals surface area contributed by atoms with Crippen molar-refractivity contribution in [2.45, 2.75) is 19.9 Å². The van der Waals surface area contributed by atoms with Gasteiger partial charge in [0.2, 0.25) is 0 Å². The number of benzene rings is 2. The zero-order valence-electron chi connectivity index (χ0n) is 12.0. The van der Waals surface area contributed by atoms with Crippen LogP contribution in [-0.4, -0.2) is 9.78 Å². The molecule has 0 aliphatic heterocycles. The van der Waals surface area contributed by atoms with Crippen molar-refractivity contribution in [2.24, 2.45) is 0 Å². The molecule has 0 saturated heterocycles. The van der Waals surface area contributed by atoms with E-state index in [-0.39, 0.29) is 0 Å². The molecule has 0 fully saturated rings. The average Bonchev–Trinajstić information content (AvgIpc) is 2.97. The number of halogens is 1. The average molecular weight is 388 g/mol. The summed E-state index contributed by atoms with van der Waals surface area (Å²) in [6.07, 6.45) is 5.14. The van der Waals surface area contributed by atoms with Crippen LogP contribution < -0.4 is 0 Å². The number of rotatable bonds is 4. The summed E-state index contributed by atoms with van der Waals surface area (Å²) in [6, 6.07) is 17.2. The van der Waals surface area contributed by atoms with Crippen LogP contribution in [0.5, 0.6) is 0 Å². The quantitative estimate of drug-likeness (QED) is 0.589. The van der Waals surface area contributed by atoms with Crippen LogP contribution in [-0.2, 0) is 13.0 Å². The first-order valence-electron chi connectivity index (χ1n) is 7.11. The molecule has 0 saturated carbocycles. The molecule has 3 heteroatoms. The molecule has 0 spiro atoms. The maximum Gasteiger partial charge on any atom is 0.0659 e. The van der Waals surface area contributed by atoms with E-state index in [2.05, 4.69) is 89.3 Å². The minimum Gasteiger partial charge on any atom is -0.268 e. The maximum atomic E-state index is 4.48. The molecular formula is C18H17IN2. The summed E-state index contributed by atoms with van der Waals surface area (Å²) >= 11 is 2.37. The second-order valence-corrected chi connectivity index (χ2v) is 6.24. The Morgan fingerprint density at radius 3 is 2.43 bits per heavy atom. The highest BCUT2D eigenvalue weighted by molar-refractivity contribution is 14.1. The van der Waals surface area contributed by atoms with E-state index in [0.717, 1.165) is 13.0 Å². The molecule has 0 unspecified atom stereocenters. The second-order valence-electron chi connectivity index (χ2n) is 5.08. The van der Waals surface area contributed by atoms with Gasteiger partial charge < -0.3 is 0 Å². The highest BCUT2D eigenvalue weighted by atomic mass is 127. The predicted octanol–water partition coefficient (Wildman–Crippen LogP) is 4.77. The van der Waals surface area contributed by atoms with Crippen LogP contribution in [0.1, 0.15) is 18.1 Å². The molecule has 0 atom stereocenters. The Bertz CT molecular complexity index is 729. The first-order chi connectivity index (χ1) is 10.3. The van der Waals surface area contributed by atoms with Gasteiger partial charge in [-0.1, -0.05) is 49.4 Å². The summed E-state index contributed by atoms with van der Waals surface area (Å²) in [6.45, 7) is 2.99. The fraction of sp³-hybridized carbons (Fsp3) is 0.167. The van der Waals surface area contributed by atoms with E-state index in [1.165, 1.54) is 25.8 Å². The van der Waals surface area contributed by atoms with Crippen molar-refractivity contribution in [1.82, 2.24) is 9.78 Å². The lowest BCUT2D eigenvalue weighted by Crippen LogP contribution is -1.99. The summed E-state index contributed by atoms with van der Waals surface area (Å²) in [7, 11) is 0. The molecule has 2 aromatic carbocycles. The van der Waals surface area contributed by atoms with E-state index in [0.29, 0.717) is 0 Å². The van der Waals surface area contributed by atoms with Crippen molar-refractivity contribution in [3.8, 4) is 11.1 Å². The Labute approximate surface area is 139 Å². The molecule has 0 amide bonds. The van der Waals surface area contributed by atoms with Crippen molar-refractivity contribution in [1.29, 1.82) is 0 Å². The summed E-state index contributed by atoms with van der Waals surface area (Å²) in [5.74, 6) is 0. The van der Waals surface area contributed by atoms with Gasteiger partial charge in [0.25, 0.3) is 0 Å². The van der Waals surface area contributed by atoms with Gasteiger partial charge in [-0.2, -0.15) is 5.10 Å². The molecule has 3 rings (SSSR count).